The van der Waals surface area contributed by atoms with E-state index in [2.05, 4.69) is 10.6 Å². The summed E-state index contributed by atoms with van der Waals surface area (Å²) in [4.78, 5) is 12.1. The number of aliphatic hydroxyl groups excluding tert-OH is 1. The summed E-state index contributed by atoms with van der Waals surface area (Å²) in [6.07, 6.45) is 0.652. The highest BCUT2D eigenvalue weighted by atomic mass is 19.1. The molecule has 0 saturated carbocycles. The standard InChI is InChI=1S/C19H23FN2O2/c1-2-19(14-23,16-6-4-3-5-7-16)22-13-18(24)21-12-15-8-10-17(20)11-9-15/h3-11,22-23H,2,12-14H2,1H3,(H,21,24)/t19-/m0/s1. The van der Waals surface area contributed by atoms with Gasteiger partial charge in [0.25, 0.3) is 0 Å². The third-order valence-corrected chi connectivity index (χ3v) is 4.19. The zero-order valence-corrected chi connectivity index (χ0v) is 13.8. The molecule has 0 fully saturated rings. The van der Waals surface area contributed by atoms with E-state index in [0.29, 0.717) is 13.0 Å². The number of carbonyl (C=O) groups excluding carboxylic acids is 1. The van der Waals surface area contributed by atoms with Crippen LogP contribution in [0.1, 0.15) is 24.5 Å². The molecule has 1 amide bonds. The Labute approximate surface area is 141 Å². The van der Waals surface area contributed by atoms with Crippen LogP contribution in [-0.2, 0) is 16.9 Å². The summed E-state index contributed by atoms with van der Waals surface area (Å²) in [5.41, 5.74) is 1.13. The topological polar surface area (TPSA) is 61.4 Å². The van der Waals surface area contributed by atoms with Crippen LogP contribution in [0.2, 0.25) is 0 Å². The van der Waals surface area contributed by atoms with Crippen molar-refractivity contribution in [2.45, 2.75) is 25.4 Å². The van der Waals surface area contributed by atoms with Gasteiger partial charge in [-0.1, -0.05) is 49.4 Å². The maximum atomic E-state index is 12.9. The lowest BCUT2D eigenvalue weighted by Gasteiger charge is -2.32. The van der Waals surface area contributed by atoms with Gasteiger partial charge in [-0.2, -0.15) is 0 Å². The van der Waals surface area contributed by atoms with Crippen molar-refractivity contribution in [3.63, 3.8) is 0 Å². The molecule has 0 aromatic heterocycles. The molecule has 2 aromatic carbocycles. The van der Waals surface area contributed by atoms with E-state index in [1.807, 2.05) is 37.3 Å². The van der Waals surface area contributed by atoms with Gasteiger partial charge in [0.15, 0.2) is 0 Å². The summed E-state index contributed by atoms with van der Waals surface area (Å²) >= 11 is 0. The predicted octanol–water partition coefficient (Wildman–Crippen LogP) is 2.33. The largest absolute Gasteiger partial charge is 0.394 e. The number of nitrogens with one attached hydrogen (secondary N) is 2. The maximum absolute atomic E-state index is 12.9. The molecule has 2 rings (SSSR count). The number of carbonyl (C=O) groups is 1. The molecule has 0 heterocycles. The van der Waals surface area contributed by atoms with Gasteiger partial charge in [0.05, 0.1) is 18.7 Å². The SMILES string of the molecule is CC[C@@](CO)(NCC(=O)NCc1ccc(F)cc1)c1ccccc1. The number of rotatable bonds is 8. The number of benzene rings is 2. The lowest BCUT2D eigenvalue weighted by molar-refractivity contribution is -0.120. The fourth-order valence-electron chi connectivity index (χ4n) is 2.56. The van der Waals surface area contributed by atoms with Gasteiger partial charge < -0.3 is 10.4 Å². The van der Waals surface area contributed by atoms with E-state index in [-0.39, 0.29) is 24.9 Å². The van der Waals surface area contributed by atoms with E-state index in [1.54, 1.807) is 12.1 Å². The van der Waals surface area contributed by atoms with Crippen LogP contribution in [0, 0.1) is 5.82 Å². The van der Waals surface area contributed by atoms with Gasteiger partial charge in [-0.3, -0.25) is 10.1 Å². The molecular formula is C19H23FN2O2. The Bertz CT molecular complexity index is 640. The van der Waals surface area contributed by atoms with Crippen molar-refractivity contribution >= 4 is 5.91 Å². The Kier molecular flexibility index (Phi) is 6.46. The van der Waals surface area contributed by atoms with Crippen LogP contribution in [0.4, 0.5) is 4.39 Å². The van der Waals surface area contributed by atoms with Gasteiger partial charge in [-0.15, -0.1) is 0 Å². The molecule has 128 valence electrons. The zero-order valence-electron chi connectivity index (χ0n) is 13.8. The average Bonchev–Trinajstić information content (AvgIpc) is 2.63. The molecule has 4 nitrogen and oxygen atoms in total. The summed E-state index contributed by atoms with van der Waals surface area (Å²) in [5, 5.41) is 15.8. The minimum Gasteiger partial charge on any atom is -0.394 e. The van der Waals surface area contributed by atoms with Crippen LogP contribution >= 0.6 is 0 Å². The first-order valence-electron chi connectivity index (χ1n) is 8.02. The van der Waals surface area contributed by atoms with Gasteiger partial charge in [-0.25, -0.2) is 4.39 Å². The molecule has 24 heavy (non-hydrogen) atoms. The second kappa shape index (κ2) is 8.57. The summed E-state index contributed by atoms with van der Waals surface area (Å²) in [5.74, 6) is -0.480. The maximum Gasteiger partial charge on any atom is 0.234 e. The van der Waals surface area contributed by atoms with Crippen LogP contribution in [0.15, 0.2) is 54.6 Å². The zero-order chi connectivity index (χ0) is 17.4. The van der Waals surface area contributed by atoms with Crippen molar-refractivity contribution in [2.75, 3.05) is 13.2 Å². The molecule has 3 N–H and O–H groups in total. The number of aliphatic hydroxyl groups is 1. The highest BCUT2D eigenvalue weighted by Gasteiger charge is 2.29. The summed E-state index contributed by atoms with van der Waals surface area (Å²) in [7, 11) is 0. The van der Waals surface area contributed by atoms with Crippen LogP contribution in [0.3, 0.4) is 0 Å². The molecule has 2 aromatic rings. The number of hydrogen-bond acceptors (Lipinski definition) is 3. The van der Waals surface area contributed by atoms with Gasteiger partial charge in [-0.05, 0) is 29.7 Å². The average molecular weight is 330 g/mol. The van der Waals surface area contributed by atoms with Crippen molar-refractivity contribution in [1.82, 2.24) is 10.6 Å². The van der Waals surface area contributed by atoms with Crippen LogP contribution in [-0.4, -0.2) is 24.2 Å². The molecule has 0 spiro atoms. The monoisotopic (exact) mass is 330 g/mol. The van der Waals surface area contributed by atoms with Crippen LogP contribution < -0.4 is 10.6 Å². The van der Waals surface area contributed by atoms with Crippen molar-refractivity contribution in [3.05, 3.63) is 71.5 Å². The first-order chi connectivity index (χ1) is 11.6. The van der Waals surface area contributed by atoms with Gasteiger partial charge in [0.2, 0.25) is 5.91 Å². The lowest BCUT2D eigenvalue weighted by atomic mass is 9.88. The van der Waals surface area contributed by atoms with Crippen LogP contribution in [0.25, 0.3) is 0 Å². The Morgan fingerprint density at radius 2 is 1.79 bits per heavy atom. The van der Waals surface area contributed by atoms with E-state index in [4.69, 9.17) is 0 Å². The first kappa shape index (κ1) is 18.1. The van der Waals surface area contributed by atoms with Crippen molar-refractivity contribution < 1.29 is 14.3 Å². The van der Waals surface area contributed by atoms with Crippen molar-refractivity contribution in [3.8, 4) is 0 Å². The molecule has 0 aliphatic rings. The Hall–Kier alpha value is -2.24. The van der Waals surface area contributed by atoms with Gasteiger partial charge in [0.1, 0.15) is 5.82 Å². The predicted molar refractivity (Wildman–Crippen MR) is 91.7 cm³/mol. The quantitative estimate of drug-likeness (QED) is 0.696. The van der Waals surface area contributed by atoms with E-state index in [9.17, 15) is 14.3 Å². The normalized spacial score (nSPS) is 13.3. The Morgan fingerprint density at radius 3 is 2.38 bits per heavy atom. The molecule has 0 radical (unpaired) electrons. The molecule has 1 atom stereocenters. The summed E-state index contributed by atoms with van der Waals surface area (Å²) in [6, 6.07) is 15.6. The number of hydrogen-bond donors (Lipinski definition) is 3. The fraction of sp³-hybridized carbons (Fsp3) is 0.316. The smallest absolute Gasteiger partial charge is 0.234 e. The van der Waals surface area contributed by atoms with Gasteiger partial charge >= 0.3 is 0 Å². The van der Waals surface area contributed by atoms with E-state index in [1.165, 1.54) is 12.1 Å². The molecule has 0 bridgehead atoms. The molecule has 0 aliphatic carbocycles. The van der Waals surface area contributed by atoms with Crippen molar-refractivity contribution in [1.29, 1.82) is 0 Å². The Balaban J connectivity index is 1.92. The minimum absolute atomic E-state index is 0.0878. The first-order valence-corrected chi connectivity index (χ1v) is 8.02. The van der Waals surface area contributed by atoms with Crippen LogP contribution in [0.5, 0.6) is 0 Å². The summed E-state index contributed by atoms with van der Waals surface area (Å²) < 4.78 is 12.9. The number of amides is 1. The Morgan fingerprint density at radius 1 is 1.12 bits per heavy atom. The number of halogens is 1. The molecule has 0 unspecified atom stereocenters. The second-order valence-corrected chi connectivity index (χ2v) is 5.72. The van der Waals surface area contributed by atoms with Gasteiger partial charge in [0, 0.05) is 6.54 Å². The van der Waals surface area contributed by atoms with Crippen molar-refractivity contribution in [2.24, 2.45) is 0 Å². The third kappa shape index (κ3) is 4.63. The van der Waals surface area contributed by atoms with E-state index < -0.39 is 5.54 Å². The molecule has 0 saturated heterocycles. The molecule has 5 heteroatoms. The summed E-state index contributed by atoms with van der Waals surface area (Å²) in [6.45, 7) is 2.29. The third-order valence-electron chi connectivity index (χ3n) is 4.19. The minimum atomic E-state index is -0.644. The highest BCUT2D eigenvalue weighted by molar-refractivity contribution is 5.78. The van der Waals surface area contributed by atoms with E-state index >= 15 is 0 Å². The fourth-order valence-corrected chi connectivity index (χ4v) is 2.56. The lowest BCUT2D eigenvalue weighted by Crippen LogP contribution is -2.49. The van der Waals surface area contributed by atoms with E-state index in [0.717, 1.165) is 11.1 Å². The molecular weight excluding hydrogens is 307 g/mol. The molecule has 0 aliphatic heterocycles. The second-order valence-electron chi connectivity index (χ2n) is 5.72. The highest BCUT2D eigenvalue weighted by Crippen LogP contribution is 2.24.